The molecule has 2 heterocycles. The summed E-state index contributed by atoms with van der Waals surface area (Å²) in [5, 5.41) is 2.10. The van der Waals surface area contributed by atoms with Crippen molar-refractivity contribution < 1.29 is 4.74 Å². The fourth-order valence-corrected chi connectivity index (χ4v) is 2.29. The van der Waals surface area contributed by atoms with Gasteiger partial charge in [-0.3, -0.25) is 4.98 Å². The van der Waals surface area contributed by atoms with E-state index in [2.05, 4.69) is 23.4 Å². The molecular weight excluding hydrogens is 232 g/mol. The minimum atomic E-state index is 0.587. The number of pyridine rings is 1. The smallest absolute Gasteiger partial charge is 0.138 e. The Bertz CT molecular complexity index is 482. The highest BCUT2D eigenvalue weighted by molar-refractivity contribution is 7.10. The van der Waals surface area contributed by atoms with Crippen LogP contribution >= 0.6 is 11.3 Å². The second kappa shape index (κ2) is 5.80. The zero-order valence-electron chi connectivity index (χ0n) is 9.85. The van der Waals surface area contributed by atoms with Gasteiger partial charge in [0, 0.05) is 23.2 Å². The predicted molar refractivity (Wildman–Crippen MR) is 71.2 cm³/mol. The van der Waals surface area contributed by atoms with Crippen LogP contribution in [0.5, 0.6) is 5.75 Å². The molecule has 2 rings (SSSR count). The van der Waals surface area contributed by atoms with Gasteiger partial charge in [-0.2, -0.15) is 0 Å². The van der Waals surface area contributed by atoms with Crippen molar-refractivity contribution in [2.45, 2.75) is 19.9 Å². The van der Waals surface area contributed by atoms with Gasteiger partial charge in [-0.15, -0.1) is 11.3 Å². The summed E-state index contributed by atoms with van der Waals surface area (Å²) in [7, 11) is 0. The molecule has 0 amide bonds. The van der Waals surface area contributed by atoms with E-state index in [1.54, 1.807) is 17.5 Å². The van der Waals surface area contributed by atoms with Gasteiger partial charge < -0.3 is 10.5 Å². The molecule has 0 fully saturated rings. The lowest BCUT2D eigenvalue weighted by molar-refractivity contribution is 0.316. The molecule has 0 saturated heterocycles. The molecule has 2 aromatic rings. The van der Waals surface area contributed by atoms with Gasteiger partial charge in [0.2, 0.25) is 0 Å². The number of aromatic nitrogens is 1. The summed E-state index contributed by atoms with van der Waals surface area (Å²) < 4.78 is 5.57. The molecule has 0 aromatic carbocycles. The van der Waals surface area contributed by atoms with Crippen molar-refractivity contribution >= 4 is 11.3 Å². The van der Waals surface area contributed by atoms with E-state index in [0.29, 0.717) is 6.54 Å². The van der Waals surface area contributed by atoms with Gasteiger partial charge in [-0.25, -0.2) is 0 Å². The van der Waals surface area contributed by atoms with E-state index < -0.39 is 0 Å². The summed E-state index contributed by atoms with van der Waals surface area (Å²) in [6, 6.07) is 4.12. The summed E-state index contributed by atoms with van der Waals surface area (Å²) in [5.74, 6) is 0.824. The minimum absolute atomic E-state index is 0.587. The Labute approximate surface area is 105 Å². The summed E-state index contributed by atoms with van der Waals surface area (Å²) >= 11 is 1.67. The number of rotatable bonds is 5. The van der Waals surface area contributed by atoms with Crippen LogP contribution in [0.1, 0.15) is 18.2 Å². The number of nitrogens with two attached hydrogens (primary N) is 1. The molecule has 0 aliphatic heterocycles. The molecule has 0 aliphatic carbocycles. The van der Waals surface area contributed by atoms with Crippen LogP contribution in [0.3, 0.4) is 0 Å². The molecule has 17 heavy (non-hydrogen) atoms. The summed E-state index contributed by atoms with van der Waals surface area (Å²) in [6.45, 7) is 3.40. The van der Waals surface area contributed by atoms with Crippen molar-refractivity contribution in [3.05, 3.63) is 34.8 Å². The maximum absolute atomic E-state index is 5.61. The van der Waals surface area contributed by atoms with Crippen LogP contribution in [0.15, 0.2) is 29.9 Å². The molecule has 0 radical (unpaired) electrons. The van der Waals surface area contributed by atoms with Crippen LogP contribution in [-0.2, 0) is 6.54 Å². The molecule has 0 aliphatic rings. The molecule has 4 heteroatoms. The van der Waals surface area contributed by atoms with Crippen LogP contribution in [0.25, 0.3) is 11.1 Å². The highest BCUT2D eigenvalue weighted by atomic mass is 32.1. The van der Waals surface area contributed by atoms with Crippen LogP contribution in [0.2, 0.25) is 0 Å². The van der Waals surface area contributed by atoms with E-state index >= 15 is 0 Å². The first-order valence-electron chi connectivity index (χ1n) is 5.69. The lowest BCUT2D eigenvalue weighted by Gasteiger charge is -2.05. The third kappa shape index (κ3) is 3.05. The maximum atomic E-state index is 5.61. The second-order valence-corrected chi connectivity index (χ2v) is 4.76. The van der Waals surface area contributed by atoms with Gasteiger partial charge >= 0.3 is 0 Å². The minimum Gasteiger partial charge on any atom is -0.492 e. The highest BCUT2D eigenvalue weighted by Crippen LogP contribution is 2.27. The molecule has 2 aromatic heterocycles. The summed E-state index contributed by atoms with van der Waals surface area (Å²) in [5.41, 5.74) is 7.84. The quantitative estimate of drug-likeness (QED) is 0.884. The van der Waals surface area contributed by atoms with Crippen molar-refractivity contribution in [2.24, 2.45) is 5.73 Å². The standard InChI is InChI=1S/C13H16N2OS/c1-2-3-16-12-4-10(7-15-8-12)11-5-13(6-14)17-9-11/h4-5,7-9H,2-3,6,14H2,1H3. The van der Waals surface area contributed by atoms with E-state index in [1.165, 1.54) is 4.88 Å². The number of thiophene rings is 1. The van der Waals surface area contributed by atoms with Gasteiger partial charge in [0.1, 0.15) is 5.75 Å². The third-order valence-corrected chi connectivity index (χ3v) is 3.33. The molecule has 0 saturated carbocycles. The fraction of sp³-hybridized carbons (Fsp3) is 0.308. The monoisotopic (exact) mass is 248 g/mol. The first-order valence-corrected chi connectivity index (χ1v) is 6.57. The predicted octanol–water partition coefficient (Wildman–Crippen LogP) is 3.06. The van der Waals surface area contributed by atoms with Crippen molar-refractivity contribution in [1.82, 2.24) is 4.98 Å². The number of hydrogen-bond donors (Lipinski definition) is 1. The molecule has 3 nitrogen and oxygen atoms in total. The average molecular weight is 248 g/mol. The Morgan fingerprint density at radius 3 is 2.88 bits per heavy atom. The van der Waals surface area contributed by atoms with Crippen molar-refractivity contribution in [2.75, 3.05) is 6.61 Å². The van der Waals surface area contributed by atoms with E-state index in [4.69, 9.17) is 10.5 Å². The van der Waals surface area contributed by atoms with E-state index in [9.17, 15) is 0 Å². The SMILES string of the molecule is CCCOc1cncc(-c2csc(CN)c2)c1. The summed E-state index contributed by atoms with van der Waals surface area (Å²) in [6.07, 6.45) is 4.59. The Kier molecular flexibility index (Phi) is 4.12. The number of nitrogens with zero attached hydrogens (tertiary/aromatic N) is 1. The van der Waals surface area contributed by atoms with E-state index in [-0.39, 0.29) is 0 Å². The topological polar surface area (TPSA) is 48.1 Å². The normalized spacial score (nSPS) is 10.5. The second-order valence-electron chi connectivity index (χ2n) is 3.76. The molecule has 0 unspecified atom stereocenters. The lowest BCUT2D eigenvalue weighted by Crippen LogP contribution is -1.95. The zero-order chi connectivity index (χ0) is 12.1. The lowest BCUT2D eigenvalue weighted by atomic mass is 10.1. The van der Waals surface area contributed by atoms with Crippen LogP contribution < -0.4 is 10.5 Å². The first-order chi connectivity index (χ1) is 8.33. The van der Waals surface area contributed by atoms with Crippen molar-refractivity contribution in [3.8, 4) is 16.9 Å². The van der Waals surface area contributed by atoms with Gasteiger partial charge in [-0.05, 0) is 29.5 Å². The Balaban J connectivity index is 2.20. The van der Waals surface area contributed by atoms with Crippen molar-refractivity contribution in [3.63, 3.8) is 0 Å². The van der Waals surface area contributed by atoms with E-state index in [0.717, 1.165) is 29.9 Å². The molecule has 2 N–H and O–H groups in total. The Hall–Kier alpha value is -1.39. The van der Waals surface area contributed by atoms with Gasteiger partial charge in [-0.1, -0.05) is 6.92 Å². The van der Waals surface area contributed by atoms with Crippen molar-refractivity contribution in [1.29, 1.82) is 0 Å². The fourth-order valence-electron chi connectivity index (χ4n) is 1.51. The first kappa shape index (κ1) is 12.1. The third-order valence-electron chi connectivity index (χ3n) is 2.37. The Morgan fingerprint density at radius 2 is 2.18 bits per heavy atom. The largest absolute Gasteiger partial charge is 0.492 e. The van der Waals surface area contributed by atoms with Crippen LogP contribution in [0.4, 0.5) is 0 Å². The zero-order valence-corrected chi connectivity index (χ0v) is 10.7. The Morgan fingerprint density at radius 1 is 1.29 bits per heavy atom. The molecular formula is C13H16N2OS. The molecule has 0 spiro atoms. The average Bonchev–Trinajstić information content (AvgIpc) is 2.85. The molecule has 0 atom stereocenters. The van der Waals surface area contributed by atoms with Crippen LogP contribution in [-0.4, -0.2) is 11.6 Å². The van der Waals surface area contributed by atoms with Gasteiger partial charge in [0.25, 0.3) is 0 Å². The highest BCUT2D eigenvalue weighted by Gasteiger charge is 2.03. The maximum Gasteiger partial charge on any atom is 0.138 e. The van der Waals surface area contributed by atoms with Crippen LogP contribution in [0, 0.1) is 0 Å². The van der Waals surface area contributed by atoms with Gasteiger partial charge in [0.05, 0.1) is 12.8 Å². The molecule has 0 bridgehead atoms. The number of ether oxygens (including phenoxy) is 1. The number of hydrogen-bond acceptors (Lipinski definition) is 4. The summed E-state index contributed by atoms with van der Waals surface area (Å²) in [4.78, 5) is 5.38. The molecule has 90 valence electrons. The van der Waals surface area contributed by atoms with E-state index in [1.807, 2.05) is 12.3 Å². The van der Waals surface area contributed by atoms with Gasteiger partial charge in [0.15, 0.2) is 0 Å².